The number of nitrogens with zero attached hydrogens (tertiary/aromatic N) is 2. The van der Waals surface area contributed by atoms with Crippen LogP contribution in [-0.2, 0) is 21.0 Å². The Kier molecular flexibility index (Phi) is 4.90. The average molecular weight is 391 g/mol. The van der Waals surface area contributed by atoms with Crippen LogP contribution in [0.3, 0.4) is 0 Å². The van der Waals surface area contributed by atoms with Gasteiger partial charge in [-0.1, -0.05) is 44.5 Å². The summed E-state index contributed by atoms with van der Waals surface area (Å²) in [7, 11) is -3.58. The summed E-state index contributed by atoms with van der Waals surface area (Å²) in [5.41, 5.74) is 1.98. The SMILES string of the molecule is CC(C)(C)c1ccc(-c2nnc(CS(=O)(=O)c3ccc(Cl)cc3)o2)cc1. The second-order valence-electron chi connectivity index (χ2n) is 7.04. The number of sulfone groups is 1. The van der Waals surface area contributed by atoms with E-state index in [0.29, 0.717) is 10.9 Å². The molecule has 0 fully saturated rings. The molecule has 26 heavy (non-hydrogen) atoms. The van der Waals surface area contributed by atoms with Crippen LogP contribution in [0.2, 0.25) is 5.02 Å². The molecule has 0 saturated heterocycles. The third kappa shape index (κ3) is 4.14. The van der Waals surface area contributed by atoms with E-state index in [0.717, 1.165) is 5.56 Å². The van der Waals surface area contributed by atoms with Gasteiger partial charge >= 0.3 is 0 Å². The van der Waals surface area contributed by atoms with Gasteiger partial charge in [-0.3, -0.25) is 0 Å². The summed E-state index contributed by atoms with van der Waals surface area (Å²) < 4.78 is 30.4. The lowest BCUT2D eigenvalue weighted by atomic mass is 9.87. The molecule has 0 spiro atoms. The van der Waals surface area contributed by atoms with Crippen LogP contribution in [0.25, 0.3) is 11.5 Å². The van der Waals surface area contributed by atoms with E-state index < -0.39 is 9.84 Å². The zero-order valence-electron chi connectivity index (χ0n) is 14.7. The standard InChI is InChI=1S/C19H19ClN2O3S/c1-19(2,3)14-6-4-13(5-7-14)18-22-21-17(25-18)12-26(23,24)16-10-8-15(20)9-11-16/h4-11H,12H2,1-3H3. The van der Waals surface area contributed by atoms with Gasteiger partial charge in [-0.25, -0.2) is 8.42 Å². The zero-order valence-corrected chi connectivity index (χ0v) is 16.3. The zero-order chi connectivity index (χ0) is 18.9. The highest BCUT2D eigenvalue weighted by Crippen LogP contribution is 2.26. The number of halogens is 1. The van der Waals surface area contributed by atoms with E-state index in [1.54, 1.807) is 0 Å². The van der Waals surface area contributed by atoms with E-state index in [9.17, 15) is 8.42 Å². The first kappa shape index (κ1) is 18.6. The van der Waals surface area contributed by atoms with Crippen molar-refractivity contribution in [3.8, 4) is 11.5 Å². The summed E-state index contributed by atoms with van der Waals surface area (Å²) in [6, 6.07) is 13.8. The van der Waals surface area contributed by atoms with Crippen molar-refractivity contribution in [3.05, 3.63) is 65.0 Å². The highest BCUT2D eigenvalue weighted by Gasteiger charge is 2.20. The number of benzene rings is 2. The van der Waals surface area contributed by atoms with E-state index in [1.165, 1.54) is 29.8 Å². The van der Waals surface area contributed by atoms with Crippen molar-refractivity contribution in [1.29, 1.82) is 0 Å². The second-order valence-corrected chi connectivity index (χ2v) is 9.47. The van der Waals surface area contributed by atoms with Gasteiger partial charge in [-0.05, 0) is 47.4 Å². The molecule has 136 valence electrons. The Morgan fingerprint density at radius 2 is 1.58 bits per heavy atom. The maximum Gasteiger partial charge on any atom is 0.247 e. The van der Waals surface area contributed by atoms with Crippen LogP contribution in [0.1, 0.15) is 32.2 Å². The molecule has 0 radical (unpaired) electrons. The minimum absolute atomic E-state index is 0.0468. The highest BCUT2D eigenvalue weighted by atomic mass is 35.5. The topological polar surface area (TPSA) is 73.1 Å². The van der Waals surface area contributed by atoms with Gasteiger partial charge in [-0.2, -0.15) is 0 Å². The van der Waals surface area contributed by atoms with Crippen LogP contribution in [0, 0.1) is 0 Å². The van der Waals surface area contributed by atoms with Crippen LogP contribution in [0.4, 0.5) is 0 Å². The molecule has 1 heterocycles. The summed E-state index contributed by atoms with van der Waals surface area (Å²) in [5, 5.41) is 8.31. The molecular weight excluding hydrogens is 372 g/mol. The molecule has 0 bridgehead atoms. The minimum atomic E-state index is -3.58. The van der Waals surface area contributed by atoms with E-state index in [-0.39, 0.29) is 22.0 Å². The van der Waals surface area contributed by atoms with Crippen LogP contribution < -0.4 is 0 Å². The first-order valence-electron chi connectivity index (χ1n) is 8.07. The monoisotopic (exact) mass is 390 g/mol. The van der Waals surface area contributed by atoms with Crippen molar-refractivity contribution in [3.63, 3.8) is 0 Å². The van der Waals surface area contributed by atoms with Gasteiger partial charge in [0.05, 0.1) is 4.90 Å². The van der Waals surface area contributed by atoms with Crippen molar-refractivity contribution in [1.82, 2.24) is 10.2 Å². The molecule has 0 amide bonds. The van der Waals surface area contributed by atoms with Gasteiger partial charge in [0.1, 0.15) is 5.75 Å². The third-order valence-corrected chi connectivity index (χ3v) is 5.82. The molecular formula is C19H19ClN2O3S. The number of hydrogen-bond donors (Lipinski definition) is 0. The van der Waals surface area contributed by atoms with Gasteiger partial charge in [-0.15, -0.1) is 10.2 Å². The molecule has 5 nitrogen and oxygen atoms in total. The molecule has 0 unspecified atom stereocenters. The second kappa shape index (κ2) is 6.85. The summed E-state index contributed by atoms with van der Waals surface area (Å²) in [6.45, 7) is 6.40. The third-order valence-electron chi connectivity index (χ3n) is 3.95. The molecule has 3 aromatic rings. The Balaban J connectivity index is 1.80. The van der Waals surface area contributed by atoms with Gasteiger partial charge in [0.15, 0.2) is 9.84 Å². The molecule has 3 rings (SSSR count). The minimum Gasteiger partial charge on any atom is -0.420 e. The maximum absolute atomic E-state index is 12.4. The Morgan fingerprint density at radius 1 is 0.962 bits per heavy atom. The predicted molar refractivity (Wildman–Crippen MR) is 101 cm³/mol. The number of aromatic nitrogens is 2. The normalized spacial score (nSPS) is 12.3. The maximum atomic E-state index is 12.4. The van der Waals surface area contributed by atoms with E-state index >= 15 is 0 Å². The van der Waals surface area contributed by atoms with Gasteiger partial charge < -0.3 is 4.42 Å². The van der Waals surface area contributed by atoms with Crippen LogP contribution in [0.15, 0.2) is 57.8 Å². The predicted octanol–water partition coefficient (Wildman–Crippen LogP) is 4.66. The van der Waals surface area contributed by atoms with Crippen molar-refractivity contribution < 1.29 is 12.8 Å². The molecule has 7 heteroatoms. The summed E-state index contributed by atoms with van der Waals surface area (Å²) >= 11 is 5.80. The van der Waals surface area contributed by atoms with Crippen molar-refractivity contribution in [2.24, 2.45) is 0 Å². The fourth-order valence-electron chi connectivity index (χ4n) is 2.43. The van der Waals surface area contributed by atoms with Crippen molar-refractivity contribution >= 4 is 21.4 Å². The van der Waals surface area contributed by atoms with E-state index in [4.69, 9.17) is 16.0 Å². The molecule has 0 aliphatic heterocycles. The molecule has 0 aliphatic rings. The Bertz CT molecular complexity index is 1000. The lowest BCUT2D eigenvalue weighted by Crippen LogP contribution is -2.10. The first-order valence-corrected chi connectivity index (χ1v) is 10.1. The molecule has 2 aromatic carbocycles. The van der Waals surface area contributed by atoms with E-state index in [2.05, 4.69) is 31.0 Å². The molecule has 0 N–H and O–H groups in total. The van der Waals surface area contributed by atoms with E-state index in [1.807, 2.05) is 24.3 Å². The van der Waals surface area contributed by atoms with Gasteiger partial charge in [0.25, 0.3) is 0 Å². The van der Waals surface area contributed by atoms with Crippen molar-refractivity contribution in [2.45, 2.75) is 36.8 Å². The lowest BCUT2D eigenvalue weighted by molar-refractivity contribution is 0.518. The van der Waals surface area contributed by atoms with Crippen molar-refractivity contribution in [2.75, 3.05) is 0 Å². The van der Waals surface area contributed by atoms with Gasteiger partial charge in [0, 0.05) is 10.6 Å². The first-order chi connectivity index (χ1) is 12.1. The van der Waals surface area contributed by atoms with Gasteiger partial charge in [0.2, 0.25) is 11.8 Å². The summed E-state index contributed by atoms with van der Waals surface area (Å²) in [6.07, 6.45) is 0. The quantitative estimate of drug-likeness (QED) is 0.647. The van der Waals surface area contributed by atoms with Crippen LogP contribution in [0.5, 0.6) is 0 Å². The largest absolute Gasteiger partial charge is 0.420 e. The number of rotatable bonds is 4. The fraction of sp³-hybridized carbons (Fsp3) is 0.263. The Labute approximate surface area is 158 Å². The average Bonchev–Trinajstić information content (AvgIpc) is 3.02. The lowest BCUT2D eigenvalue weighted by Gasteiger charge is -2.18. The Morgan fingerprint density at radius 3 is 2.15 bits per heavy atom. The molecule has 0 aliphatic carbocycles. The summed E-state index contributed by atoms with van der Waals surface area (Å²) in [5.74, 6) is -0.0107. The van der Waals surface area contributed by atoms with Crippen LogP contribution in [-0.4, -0.2) is 18.6 Å². The molecule has 0 atom stereocenters. The Hall–Kier alpha value is -2.18. The molecule has 1 aromatic heterocycles. The number of hydrogen-bond acceptors (Lipinski definition) is 5. The fourth-order valence-corrected chi connectivity index (χ4v) is 3.71. The summed E-state index contributed by atoms with van der Waals surface area (Å²) in [4.78, 5) is 0.163. The molecule has 0 saturated carbocycles. The highest BCUT2D eigenvalue weighted by molar-refractivity contribution is 7.90. The van der Waals surface area contributed by atoms with Crippen LogP contribution >= 0.6 is 11.6 Å². The smallest absolute Gasteiger partial charge is 0.247 e.